The summed E-state index contributed by atoms with van der Waals surface area (Å²) in [4.78, 5) is 0. The van der Waals surface area contributed by atoms with Crippen molar-refractivity contribution in [1.82, 2.24) is 0 Å². The SMILES string of the molecule is CC12CP(c3ccccc3)CC1O2. The van der Waals surface area contributed by atoms with Gasteiger partial charge in [0.05, 0.1) is 11.7 Å². The van der Waals surface area contributed by atoms with Gasteiger partial charge in [0.1, 0.15) is 0 Å². The zero-order chi connectivity index (χ0) is 8.89. The second kappa shape index (κ2) is 2.56. The number of fused-ring (bicyclic) bond motifs is 1. The summed E-state index contributed by atoms with van der Waals surface area (Å²) >= 11 is 0. The summed E-state index contributed by atoms with van der Waals surface area (Å²) in [6.07, 6.45) is 3.14. The maximum Gasteiger partial charge on any atom is 0.0966 e. The Hall–Kier alpha value is -0.390. The van der Waals surface area contributed by atoms with E-state index < -0.39 is 0 Å². The average molecular weight is 192 g/mol. The van der Waals surface area contributed by atoms with Gasteiger partial charge in [0, 0.05) is 12.3 Å². The Morgan fingerprint density at radius 2 is 2.15 bits per heavy atom. The lowest BCUT2D eigenvalue weighted by molar-refractivity contribution is 0.326. The quantitative estimate of drug-likeness (QED) is 0.489. The van der Waals surface area contributed by atoms with Gasteiger partial charge in [-0.25, -0.2) is 0 Å². The summed E-state index contributed by atoms with van der Waals surface area (Å²) in [5.74, 6) is 0. The number of benzene rings is 1. The molecule has 1 nitrogen and oxygen atoms in total. The lowest BCUT2D eigenvalue weighted by Gasteiger charge is -2.13. The Bertz CT molecular complexity index is 324. The van der Waals surface area contributed by atoms with E-state index in [1.807, 2.05) is 0 Å². The monoisotopic (exact) mass is 192 g/mol. The minimum absolute atomic E-state index is 0.0966. The first-order valence-corrected chi connectivity index (χ1v) is 6.47. The molecule has 0 aromatic heterocycles. The molecule has 68 valence electrons. The number of hydrogen-bond donors (Lipinski definition) is 0. The van der Waals surface area contributed by atoms with Crippen molar-refractivity contribution in [2.45, 2.75) is 18.6 Å². The van der Waals surface area contributed by atoms with Crippen LogP contribution in [0.2, 0.25) is 0 Å². The third-order valence-electron chi connectivity index (χ3n) is 3.05. The highest BCUT2D eigenvalue weighted by Gasteiger charge is 2.59. The van der Waals surface area contributed by atoms with Crippen molar-refractivity contribution in [1.29, 1.82) is 0 Å². The van der Waals surface area contributed by atoms with Gasteiger partial charge in [-0.1, -0.05) is 38.3 Å². The van der Waals surface area contributed by atoms with Crippen molar-refractivity contribution in [2.24, 2.45) is 0 Å². The Morgan fingerprint density at radius 1 is 1.38 bits per heavy atom. The van der Waals surface area contributed by atoms with Crippen LogP contribution < -0.4 is 5.30 Å². The van der Waals surface area contributed by atoms with Gasteiger partial charge < -0.3 is 4.74 Å². The molecule has 0 bridgehead atoms. The van der Waals surface area contributed by atoms with Crippen LogP contribution in [0.3, 0.4) is 0 Å². The van der Waals surface area contributed by atoms with Gasteiger partial charge in [0.25, 0.3) is 0 Å². The van der Waals surface area contributed by atoms with Gasteiger partial charge in [-0.15, -0.1) is 0 Å². The van der Waals surface area contributed by atoms with Crippen LogP contribution in [0.15, 0.2) is 30.3 Å². The fourth-order valence-electron chi connectivity index (χ4n) is 2.14. The van der Waals surface area contributed by atoms with E-state index in [2.05, 4.69) is 37.3 Å². The summed E-state index contributed by atoms with van der Waals surface area (Å²) in [5, 5.41) is 1.55. The fraction of sp³-hybridized carbons (Fsp3) is 0.455. The van der Waals surface area contributed by atoms with Gasteiger partial charge in [-0.3, -0.25) is 0 Å². The number of rotatable bonds is 1. The minimum atomic E-state index is 0.0966. The fourth-order valence-corrected chi connectivity index (χ4v) is 5.15. The molecule has 3 rings (SSSR count). The largest absolute Gasteiger partial charge is 0.366 e. The molecule has 2 fully saturated rings. The summed E-state index contributed by atoms with van der Waals surface area (Å²) in [6.45, 7) is 2.25. The van der Waals surface area contributed by atoms with Gasteiger partial charge in [0.15, 0.2) is 0 Å². The van der Waals surface area contributed by atoms with Crippen LogP contribution in [0.25, 0.3) is 0 Å². The van der Waals surface area contributed by atoms with Gasteiger partial charge in [-0.2, -0.15) is 0 Å². The van der Waals surface area contributed by atoms with Crippen LogP contribution in [-0.4, -0.2) is 24.0 Å². The second-order valence-corrected chi connectivity index (χ2v) is 6.41. The van der Waals surface area contributed by atoms with Gasteiger partial charge in [-0.05, 0) is 12.2 Å². The molecule has 2 aliphatic rings. The topological polar surface area (TPSA) is 12.5 Å². The Balaban J connectivity index is 1.82. The summed E-state index contributed by atoms with van der Waals surface area (Å²) < 4.78 is 5.61. The predicted octanol–water partition coefficient (Wildman–Crippen LogP) is 1.96. The third-order valence-corrected chi connectivity index (χ3v) is 5.86. The zero-order valence-electron chi connectivity index (χ0n) is 7.73. The molecule has 3 atom stereocenters. The maximum atomic E-state index is 5.61. The van der Waals surface area contributed by atoms with Crippen molar-refractivity contribution in [2.75, 3.05) is 12.3 Å². The summed E-state index contributed by atoms with van der Waals surface area (Å²) in [6, 6.07) is 10.9. The van der Waals surface area contributed by atoms with Gasteiger partial charge >= 0.3 is 0 Å². The molecule has 2 heterocycles. The van der Waals surface area contributed by atoms with E-state index in [1.165, 1.54) is 12.3 Å². The lowest BCUT2D eigenvalue weighted by atomic mass is 10.2. The smallest absolute Gasteiger partial charge is 0.0966 e. The first-order chi connectivity index (χ1) is 6.28. The van der Waals surface area contributed by atoms with Crippen LogP contribution in [0.1, 0.15) is 6.92 Å². The van der Waals surface area contributed by atoms with E-state index in [9.17, 15) is 0 Å². The molecule has 2 saturated heterocycles. The van der Waals surface area contributed by atoms with Crippen LogP contribution in [0, 0.1) is 0 Å². The van der Waals surface area contributed by atoms with Crippen molar-refractivity contribution < 1.29 is 4.74 Å². The van der Waals surface area contributed by atoms with E-state index >= 15 is 0 Å². The molecule has 0 spiro atoms. The normalized spacial score (nSPS) is 41.6. The summed E-state index contributed by atoms with van der Waals surface area (Å²) in [7, 11) is 0.0966. The molecule has 0 aliphatic carbocycles. The molecule has 2 aliphatic heterocycles. The van der Waals surface area contributed by atoms with Crippen LogP contribution in [0.4, 0.5) is 0 Å². The molecule has 0 radical (unpaired) electrons. The van der Waals surface area contributed by atoms with Crippen molar-refractivity contribution >= 4 is 13.2 Å². The highest BCUT2D eigenvalue weighted by atomic mass is 31.1. The standard InChI is InChI=1S/C11H13OP/c1-11-8-13(7-10(11)12-11)9-5-3-2-4-6-9/h2-6,10H,7-8H2,1H3. The third kappa shape index (κ3) is 1.22. The molecule has 13 heavy (non-hydrogen) atoms. The van der Waals surface area contributed by atoms with E-state index in [1.54, 1.807) is 5.30 Å². The predicted molar refractivity (Wildman–Crippen MR) is 56.0 cm³/mol. The average Bonchev–Trinajstić information content (AvgIpc) is 2.67. The van der Waals surface area contributed by atoms with Crippen LogP contribution in [0.5, 0.6) is 0 Å². The second-order valence-electron chi connectivity index (χ2n) is 4.14. The highest BCUT2D eigenvalue weighted by molar-refractivity contribution is 7.66. The Morgan fingerprint density at radius 3 is 2.77 bits per heavy atom. The Kier molecular flexibility index (Phi) is 1.57. The molecular formula is C11H13OP. The molecule has 2 heteroatoms. The van der Waals surface area contributed by atoms with Crippen LogP contribution in [-0.2, 0) is 4.74 Å². The van der Waals surface area contributed by atoms with E-state index in [4.69, 9.17) is 4.74 Å². The van der Waals surface area contributed by atoms with Gasteiger partial charge in [0.2, 0.25) is 0 Å². The molecule has 0 amide bonds. The van der Waals surface area contributed by atoms with Crippen LogP contribution >= 0.6 is 7.92 Å². The van der Waals surface area contributed by atoms with Crippen molar-refractivity contribution in [3.8, 4) is 0 Å². The molecule has 1 aromatic carbocycles. The maximum absolute atomic E-state index is 5.61. The number of hydrogen-bond acceptors (Lipinski definition) is 1. The number of epoxide rings is 1. The van der Waals surface area contributed by atoms with Crippen molar-refractivity contribution in [3.05, 3.63) is 30.3 Å². The molecule has 0 saturated carbocycles. The molecule has 3 unspecified atom stereocenters. The Labute approximate surface area is 79.9 Å². The minimum Gasteiger partial charge on any atom is -0.366 e. The first kappa shape index (κ1) is 7.96. The summed E-state index contributed by atoms with van der Waals surface area (Å²) in [5.41, 5.74) is 0.265. The first-order valence-electron chi connectivity index (χ1n) is 4.76. The van der Waals surface area contributed by atoms with E-state index in [0.29, 0.717) is 6.10 Å². The van der Waals surface area contributed by atoms with Crippen molar-refractivity contribution in [3.63, 3.8) is 0 Å². The zero-order valence-corrected chi connectivity index (χ0v) is 8.63. The van der Waals surface area contributed by atoms with E-state index in [-0.39, 0.29) is 13.5 Å². The van der Waals surface area contributed by atoms with E-state index in [0.717, 1.165) is 0 Å². The molecular weight excluding hydrogens is 179 g/mol. The molecule has 1 aromatic rings. The molecule has 0 N–H and O–H groups in total. The lowest BCUT2D eigenvalue weighted by Crippen LogP contribution is -2.10. The number of ether oxygens (including phenoxy) is 1. The highest BCUT2D eigenvalue weighted by Crippen LogP contribution is 2.58.